The molecular formula is C13H22N2. The number of aryl methyl sites for hydroxylation is 2. The summed E-state index contributed by atoms with van der Waals surface area (Å²) in [4.78, 5) is 0. The fourth-order valence-corrected chi connectivity index (χ4v) is 1.88. The van der Waals surface area contributed by atoms with Crippen LogP contribution in [0.1, 0.15) is 30.5 Å². The maximum absolute atomic E-state index is 5.57. The summed E-state index contributed by atoms with van der Waals surface area (Å²) < 4.78 is 0. The molecule has 3 N–H and O–H groups in total. The fraction of sp³-hybridized carbons (Fsp3) is 0.538. The van der Waals surface area contributed by atoms with Crippen LogP contribution in [0.3, 0.4) is 0 Å². The number of hydrogen-bond acceptors (Lipinski definition) is 2. The normalized spacial score (nSPS) is 13.2. The van der Waals surface area contributed by atoms with Gasteiger partial charge in [0.05, 0.1) is 0 Å². The Labute approximate surface area is 92.8 Å². The summed E-state index contributed by atoms with van der Waals surface area (Å²) in [6.07, 6.45) is 1.01. The van der Waals surface area contributed by atoms with Gasteiger partial charge in [-0.2, -0.15) is 0 Å². The minimum Gasteiger partial charge on any atom is -0.271 e. The van der Waals surface area contributed by atoms with Crippen molar-refractivity contribution in [1.82, 2.24) is 5.43 Å². The molecule has 0 spiro atoms. The molecule has 0 aliphatic heterocycles. The Morgan fingerprint density at radius 1 is 1.20 bits per heavy atom. The quantitative estimate of drug-likeness (QED) is 0.586. The van der Waals surface area contributed by atoms with Crippen LogP contribution in [0, 0.1) is 19.8 Å². The van der Waals surface area contributed by atoms with Crippen LogP contribution < -0.4 is 11.3 Å². The maximum atomic E-state index is 5.57. The van der Waals surface area contributed by atoms with Gasteiger partial charge in [0.15, 0.2) is 0 Å². The van der Waals surface area contributed by atoms with Crippen molar-refractivity contribution in [3.63, 3.8) is 0 Å². The van der Waals surface area contributed by atoms with Crippen LogP contribution in [0.4, 0.5) is 0 Å². The van der Waals surface area contributed by atoms with Crippen LogP contribution in [0.2, 0.25) is 0 Å². The molecule has 2 nitrogen and oxygen atoms in total. The van der Waals surface area contributed by atoms with Crippen LogP contribution in [0.25, 0.3) is 0 Å². The van der Waals surface area contributed by atoms with E-state index in [4.69, 9.17) is 5.84 Å². The van der Waals surface area contributed by atoms with Crippen molar-refractivity contribution in [3.8, 4) is 0 Å². The van der Waals surface area contributed by atoms with Crippen LogP contribution >= 0.6 is 0 Å². The summed E-state index contributed by atoms with van der Waals surface area (Å²) in [6, 6.07) is 6.78. The number of benzene rings is 1. The molecule has 1 aromatic carbocycles. The lowest BCUT2D eigenvalue weighted by Gasteiger charge is -2.21. The van der Waals surface area contributed by atoms with Gasteiger partial charge in [-0.05, 0) is 42.9 Å². The van der Waals surface area contributed by atoms with Gasteiger partial charge in [-0.3, -0.25) is 11.3 Å². The van der Waals surface area contributed by atoms with E-state index in [0.29, 0.717) is 12.0 Å². The highest BCUT2D eigenvalue weighted by Gasteiger charge is 2.14. The fourth-order valence-electron chi connectivity index (χ4n) is 1.88. The van der Waals surface area contributed by atoms with E-state index in [1.807, 2.05) is 0 Å². The summed E-state index contributed by atoms with van der Waals surface area (Å²) in [7, 11) is 0. The van der Waals surface area contributed by atoms with Gasteiger partial charge in [-0.1, -0.05) is 32.0 Å². The second-order valence-electron chi connectivity index (χ2n) is 4.59. The van der Waals surface area contributed by atoms with E-state index in [9.17, 15) is 0 Å². The molecule has 0 saturated carbocycles. The van der Waals surface area contributed by atoms with Crippen LogP contribution in [0.15, 0.2) is 18.2 Å². The SMILES string of the molecule is Cc1cccc(C)c1CC(NN)C(C)C. The Kier molecular flexibility index (Phi) is 4.30. The predicted molar refractivity (Wildman–Crippen MR) is 65.6 cm³/mol. The molecule has 0 aromatic heterocycles. The Balaban J connectivity index is 2.87. The largest absolute Gasteiger partial charge is 0.271 e. The van der Waals surface area contributed by atoms with E-state index in [-0.39, 0.29) is 0 Å². The van der Waals surface area contributed by atoms with Crippen molar-refractivity contribution in [1.29, 1.82) is 0 Å². The van der Waals surface area contributed by atoms with Crippen molar-refractivity contribution in [2.24, 2.45) is 11.8 Å². The number of nitrogens with one attached hydrogen (secondary N) is 1. The topological polar surface area (TPSA) is 38.0 Å². The van der Waals surface area contributed by atoms with Gasteiger partial charge < -0.3 is 0 Å². The van der Waals surface area contributed by atoms with Crippen molar-refractivity contribution >= 4 is 0 Å². The lowest BCUT2D eigenvalue weighted by atomic mass is 9.92. The Bertz CT molecular complexity index is 298. The lowest BCUT2D eigenvalue weighted by molar-refractivity contribution is 0.403. The van der Waals surface area contributed by atoms with E-state index in [0.717, 1.165) is 6.42 Å². The molecule has 1 aromatic rings. The van der Waals surface area contributed by atoms with Crippen LogP contribution in [-0.2, 0) is 6.42 Å². The standard InChI is InChI=1S/C13H22N2/c1-9(2)13(15-14)8-12-10(3)6-5-7-11(12)4/h5-7,9,13,15H,8,14H2,1-4H3. The molecule has 0 aliphatic carbocycles. The third-order valence-corrected chi connectivity index (χ3v) is 3.09. The van der Waals surface area contributed by atoms with Crippen molar-refractivity contribution in [2.45, 2.75) is 40.2 Å². The molecule has 2 heteroatoms. The highest BCUT2D eigenvalue weighted by molar-refractivity contribution is 5.34. The van der Waals surface area contributed by atoms with Crippen molar-refractivity contribution < 1.29 is 0 Å². The minimum atomic E-state index is 0.352. The molecule has 15 heavy (non-hydrogen) atoms. The first kappa shape index (κ1) is 12.2. The first-order valence-electron chi connectivity index (χ1n) is 5.57. The number of nitrogens with two attached hydrogens (primary N) is 1. The molecule has 0 saturated heterocycles. The summed E-state index contributed by atoms with van der Waals surface area (Å²) in [5.41, 5.74) is 7.04. The van der Waals surface area contributed by atoms with Crippen LogP contribution in [0.5, 0.6) is 0 Å². The van der Waals surface area contributed by atoms with Gasteiger partial charge in [-0.15, -0.1) is 0 Å². The van der Waals surface area contributed by atoms with Crippen molar-refractivity contribution in [2.75, 3.05) is 0 Å². The summed E-state index contributed by atoms with van der Waals surface area (Å²) in [5.74, 6) is 6.12. The number of hydrazine groups is 1. The maximum Gasteiger partial charge on any atom is 0.0274 e. The number of rotatable bonds is 4. The first-order chi connectivity index (χ1) is 7.06. The molecule has 0 amide bonds. The Morgan fingerprint density at radius 3 is 2.13 bits per heavy atom. The Morgan fingerprint density at radius 2 is 1.73 bits per heavy atom. The predicted octanol–water partition coefficient (Wildman–Crippen LogP) is 2.33. The summed E-state index contributed by atoms with van der Waals surface area (Å²) in [6.45, 7) is 8.71. The zero-order valence-electron chi connectivity index (χ0n) is 10.2. The van der Waals surface area contributed by atoms with Gasteiger partial charge in [0, 0.05) is 6.04 Å². The molecule has 1 atom stereocenters. The first-order valence-corrected chi connectivity index (χ1v) is 5.57. The van der Waals surface area contributed by atoms with E-state index >= 15 is 0 Å². The van der Waals surface area contributed by atoms with Gasteiger partial charge >= 0.3 is 0 Å². The third-order valence-electron chi connectivity index (χ3n) is 3.09. The van der Waals surface area contributed by atoms with Crippen LogP contribution in [-0.4, -0.2) is 6.04 Å². The van der Waals surface area contributed by atoms with Gasteiger partial charge in [0.25, 0.3) is 0 Å². The summed E-state index contributed by atoms with van der Waals surface area (Å²) in [5, 5.41) is 0. The molecule has 1 unspecified atom stereocenters. The van der Waals surface area contributed by atoms with Gasteiger partial charge in [-0.25, -0.2) is 0 Å². The molecular weight excluding hydrogens is 184 g/mol. The second kappa shape index (κ2) is 5.29. The van der Waals surface area contributed by atoms with Crippen molar-refractivity contribution in [3.05, 3.63) is 34.9 Å². The van der Waals surface area contributed by atoms with E-state index in [1.165, 1.54) is 16.7 Å². The molecule has 0 radical (unpaired) electrons. The van der Waals surface area contributed by atoms with E-state index in [2.05, 4.69) is 51.3 Å². The average Bonchev–Trinajstić information content (AvgIpc) is 2.17. The minimum absolute atomic E-state index is 0.352. The van der Waals surface area contributed by atoms with E-state index < -0.39 is 0 Å². The highest BCUT2D eigenvalue weighted by atomic mass is 15.2. The monoisotopic (exact) mass is 206 g/mol. The summed E-state index contributed by atoms with van der Waals surface area (Å²) >= 11 is 0. The third kappa shape index (κ3) is 3.05. The zero-order valence-corrected chi connectivity index (χ0v) is 10.2. The average molecular weight is 206 g/mol. The molecule has 0 fully saturated rings. The van der Waals surface area contributed by atoms with E-state index in [1.54, 1.807) is 0 Å². The zero-order chi connectivity index (χ0) is 11.4. The molecule has 84 valence electrons. The van der Waals surface area contributed by atoms with Gasteiger partial charge in [0.2, 0.25) is 0 Å². The second-order valence-corrected chi connectivity index (χ2v) is 4.59. The highest BCUT2D eigenvalue weighted by Crippen LogP contribution is 2.17. The smallest absolute Gasteiger partial charge is 0.0274 e. The van der Waals surface area contributed by atoms with Gasteiger partial charge in [0.1, 0.15) is 0 Å². The molecule has 0 aliphatic rings. The molecule has 0 heterocycles. The lowest BCUT2D eigenvalue weighted by Crippen LogP contribution is -2.40. The number of hydrogen-bond donors (Lipinski definition) is 2. The Hall–Kier alpha value is -0.860. The molecule has 0 bridgehead atoms. The molecule has 1 rings (SSSR count).